The van der Waals surface area contributed by atoms with Crippen molar-refractivity contribution < 1.29 is 9.53 Å². The van der Waals surface area contributed by atoms with E-state index in [4.69, 9.17) is 4.74 Å². The third kappa shape index (κ3) is 4.97. The van der Waals surface area contributed by atoms with Gasteiger partial charge in [0.1, 0.15) is 35.2 Å². The number of anilines is 3. The third-order valence-corrected chi connectivity index (χ3v) is 6.18. The van der Waals surface area contributed by atoms with Crippen molar-refractivity contribution in [3.05, 3.63) is 72.3 Å². The highest BCUT2D eigenvalue weighted by molar-refractivity contribution is 5.94. The lowest BCUT2D eigenvalue weighted by atomic mass is 10.1. The number of ether oxygens (including phenoxy) is 1. The summed E-state index contributed by atoms with van der Waals surface area (Å²) in [5.41, 5.74) is 3.32. The molecule has 0 bridgehead atoms. The van der Waals surface area contributed by atoms with E-state index in [9.17, 15) is 4.79 Å². The van der Waals surface area contributed by atoms with Crippen molar-refractivity contribution in [1.82, 2.24) is 29.6 Å². The van der Waals surface area contributed by atoms with Gasteiger partial charge in [0.15, 0.2) is 0 Å². The molecule has 0 aliphatic carbocycles. The Bertz CT molecular complexity index is 1380. The minimum absolute atomic E-state index is 0.0330. The molecule has 36 heavy (non-hydrogen) atoms. The van der Waals surface area contributed by atoms with Crippen LogP contribution in [0.25, 0.3) is 11.3 Å². The van der Waals surface area contributed by atoms with Crippen molar-refractivity contribution in [2.45, 2.75) is 6.92 Å². The number of aromatic nitrogens is 5. The number of nitrogens with one attached hydrogen (secondary N) is 1. The van der Waals surface area contributed by atoms with Gasteiger partial charge in [-0.15, -0.1) is 0 Å². The van der Waals surface area contributed by atoms with Gasteiger partial charge in [-0.1, -0.05) is 12.1 Å². The van der Waals surface area contributed by atoms with E-state index in [0.29, 0.717) is 37.7 Å². The number of carbonyl (C=O) groups excluding carboxylic acids is 1. The summed E-state index contributed by atoms with van der Waals surface area (Å²) in [5.74, 6) is 2.94. The predicted octanol–water partition coefficient (Wildman–Crippen LogP) is 3.30. The summed E-state index contributed by atoms with van der Waals surface area (Å²) < 4.78 is 6.96. The number of carbonyl (C=O) groups is 1. The van der Waals surface area contributed by atoms with Gasteiger partial charge >= 0.3 is 0 Å². The minimum atomic E-state index is -0.0330. The third-order valence-electron chi connectivity index (χ3n) is 6.18. The smallest absolute Gasteiger partial charge is 0.272 e. The largest absolute Gasteiger partial charge is 0.497 e. The fraction of sp³-hybridized carbons (Fsp3) is 0.269. The van der Waals surface area contributed by atoms with Crippen molar-refractivity contribution in [1.29, 1.82) is 0 Å². The second kappa shape index (κ2) is 10.0. The molecule has 0 saturated carbocycles. The van der Waals surface area contributed by atoms with E-state index in [1.54, 1.807) is 31.4 Å². The molecule has 184 valence electrons. The monoisotopic (exact) mass is 484 g/mol. The van der Waals surface area contributed by atoms with Crippen LogP contribution in [0.4, 0.5) is 17.5 Å². The number of amides is 1. The molecule has 4 aromatic rings. The van der Waals surface area contributed by atoms with Gasteiger partial charge in [-0.05, 0) is 42.8 Å². The lowest BCUT2D eigenvalue weighted by molar-refractivity contribution is 0.0735. The van der Waals surface area contributed by atoms with E-state index in [1.807, 2.05) is 60.4 Å². The van der Waals surface area contributed by atoms with E-state index in [0.717, 1.165) is 34.2 Å². The summed E-state index contributed by atoms with van der Waals surface area (Å²) in [7, 11) is 3.43. The summed E-state index contributed by atoms with van der Waals surface area (Å²) >= 11 is 0. The van der Waals surface area contributed by atoms with Crippen molar-refractivity contribution in [2.24, 2.45) is 7.05 Å². The number of methoxy groups -OCH3 is 1. The lowest BCUT2D eigenvalue weighted by Crippen LogP contribution is -2.49. The van der Waals surface area contributed by atoms with Crippen molar-refractivity contribution in [3.63, 3.8) is 0 Å². The Hall–Kier alpha value is -4.47. The van der Waals surface area contributed by atoms with E-state index < -0.39 is 0 Å². The van der Waals surface area contributed by atoms with Crippen LogP contribution in [0, 0.1) is 6.92 Å². The maximum atomic E-state index is 13.3. The SMILES string of the molecule is COc1cccc(-c2cc(C(=O)N3CCN(c4cc(Nc5cc(C)ccn5)ncn4)CC3)n(C)n2)c1. The number of pyridine rings is 1. The molecular formula is C26H28N8O2. The standard InChI is InChI=1S/C26H28N8O2/c1-18-7-8-27-23(13-18)30-24-16-25(29-17-28-24)33-9-11-34(12-10-33)26(35)22-15-21(31-32(22)2)19-5-4-6-20(14-19)36-3/h4-8,13-17H,9-12H2,1-3H3,(H,27,28,29,30). The second-order valence-corrected chi connectivity index (χ2v) is 8.65. The number of rotatable bonds is 6. The molecule has 1 aromatic carbocycles. The molecule has 3 aromatic heterocycles. The lowest BCUT2D eigenvalue weighted by Gasteiger charge is -2.35. The van der Waals surface area contributed by atoms with Crippen LogP contribution in [-0.4, -0.2) is 68.8 Å². The van der Waals surface area contributed by atoms with E-state index in [-0.39, 0.29) is 5.91 Å². The quantitative estimate of drug-likeness (QED) is 0.445. The van der Waals surface area contributed by atoms with Crippen LogP contribution in [0.2, 0.25) is 0 Å². The first-order chi connectivity index (χ1) is 17.5. The van der Waals surface area contributed by atoms with Gasteiger partial charge in [-0.3, -0.25) is 9.48 Å². The molecule has 10 nitrogen and oxygen atoms in total. The van der Waals surface area contributed by atoms with Crippen LogP contribution >= 0.6 is 0 Å². The number of piperazine rings is 1. The van der Waals surface area contributed by atoms with Gasteiger partial charge in [-0.2, -0.15) is 5.10 Å². The van der Waals surface area contributed by atoms with Crippen molar-refractivity contribution >= 4 is 23.4 Å². The molecule has 0 spiro atoms. The minimum Gasteiger partial charge on any atom is -0.497 e. The highest BCUT2D eigenvalue weighted by Gasteiger charge is 2.26. The summed E-state index contributed by atoms with van der Waals surface area (Å²) in [6.07, 6.45) is 3.30. The summed E-state index contributed by atoms with van der Waals surface area (Å²) in [6, 6.07) is 15.3. The molecule has 1 aliphatic rings. The van der Waals surface area contributed by atoms with Gasteiger partial charge < -0.3 is 19.9 Å². The molecule has 5 rings (SSSR count). The molecule has 1 saturated heterocycles. The van der Waals surface area contributed by atoms with Crippen LogP contribution in [-0.2, 0) is 7.05 Å². The Morgan fingerprint density at radius 1 is 0.972 bits per heavy atom. The maximum absolute atomic E-state index is 13.3. The first-order valence-corrected chi connectivity index (χ1v) is 11.7. The predicted molar refractivity (Wildman–Crippen MR) is 138 cm³/mol. The Labute approximate surface area is 209 Å². The molecule has 1 amide bonds. The number of benzene rings is 1. The van der Waals surface area contributed by atoms with Crippen LogP contribution < -0.4 is 15.0 Å². The molecule has 0 atom stereocenters. The fourth-order valence-corrected chi connectivity index (χ4v) is 4.22. The molecule has 1 aliphatic heterocycles. The van der Waals surface area contributed by atoms with E-state index >= 15 is 0 Å². The Morgan fingerprint density at radius 2 is 1.78 bits per heavy atom. The number of aryl methyl sites for hydroxylation is 2. The first-order valence-electron chi connectivity index (χ1n) is 11.7. The topological polar surface area (TPSA) is 101 Å². The second-order valence-electron chi connectivity index (χ2n) is 8.65. The summed E-state index contributed by atoms with van der Waals surface area (Å²) in [6.45, 7) is 4.54. The first kappa shape index (κ1) is 23.3. The molecular weight excluding hydrogens is 456 g/mol. The van der Waals surface area contributed by atoms with E-state index in [2.05, 4.69) is 30.3 Å². The number of hydrogen-bond donors (Lipinski definition) is 1. The Morgan fingerprint density at radius 3 is 2.56 bits per heavy atom. The van der Waals surface area contributed by atoms with Gasteiger partial charge in [0.05, 0.1) is 12.8 Å². The highest BCUT2D eigenvalue weighted by atomic mass is 16.5. The number of nitrogens with zero attached hydrogens (tertiary/aromatic N) is 7. The summed E-state index contributed by atoms with van der Waals surface area (Å²) in [5, 5.41) is 7.79. The molecule has 10 heteroatoms. The zero-order valence-corrected chi connectivity index (χ0v) is 20.5. The average molecular weight is 485 g/mol. The van der Waals surface area contributed by atoms with Gasteiger partial charge in [0, 0.05) is 51.1 Å². The van der Waals surface area contributed by atoms with Crippen molar-refractivity contribution in [2.75, 3.05) is 43.5 Å². The number of hydrogen-bond acceptors (Lipinski definition) is 8. The zero-order chi connectivity index (χ0) is 25.1. The zero-order valence-electron chi connectivity index (χ0n) is 20.5. The molecule has 0 unspecified atom stereocenters. The molecule has 4 heterocycles. The van der Waals surface area contributed by atoms with Gasteiger partial charge in [-0.25, -0.2) is 15.0 Å². The Balaban J connectivity index is 1.24. The van der Waals surface area contributed by atoms with Crippen LogP contribution in [0.15, 0.2) is 61.1 Å². The molecule has 1 fully saturated rings. The van der Waals surface area contributed by atoms with Crippen LogP contribution in [0.5, 0.6) is 5.75 Å². The Kier molecular flexibility index (Phi) is 6.48. The van der Waals surface area contributed by atoms with E-state index in [1.165, 1.54) is 0 Å². The van der Waals surface area contributed by atoms with Crippen LogP contribution in [0.1, 0.15) is 16.1 Å². The normalized spacial score (nSPS) is 13.5. The maximum Gasteiger partial charge on any atom is 0.272 e. The fourth-order valence-electron chi connectivity index (χ4n) is 4.22. The summed E-state index contributed by atoms with van der Waals surface area (Å²) in [4.78, 5) is 30.4. The van der Waals surface area contributed by atoms with Gasteiger partial charge in [0.2, 0.25) is 0 Å². The molecule has 1 N–H and O–H groups in total. The van der Waals surface area contributed by atoms with Crippen molar-refractivity contribution in [3.8, 4) is 17.0 Å². The highest BCUT2D eigenvalue weighted by Crippen LogP contribution is 2.25. The van der Waals surface area contributed by atoms with Crippen LogP contribution in [0.3, 0.4) is 0 Å². The van der Waals surface area contributed by atoms with Gasteiger partial charge in [0.25, 0.3) is 5.91 Å². The average Bonchev–Trinajstić information content (AvgIpc) is 3.30. The molecule has 0 radical (unpaired) electrons.